The van der Waals surface area contributed by atoms with E-state index >= 15 is 0 Å². The predicted octanol–water partition coefficient (Wildman–Crippen LogP) is 2.54. The van der Waals surface area contributed by atoms with Crippen LogP contribution in [0, 0.1) is 10.8 Å². The SMILES string of the molecule is CCC1(CC)CCN(C(=O)C2(C)CCCC2N)C1. The van der Waals surface area contributed by atoms with E-state index < -0.39 is 0 Å². The lowest BCUT2D eigenvalue weighted by molar-refractivity contribution is -0.141. The van der Waals surface area contributed by atoms with Gasteiger partial charge < -0.3 is 10.6 Å². The van der Waals surface area contributed by atoms with Crippen molar-refractivity contribution in [2.75, 3.05) is 13.1 Å². The Hall–Kier alpha value is -0.570. The third kappa shape index (κ3) is 2.07. The average molecular weight is 252 g/mol. The van der Waals surface area contributed by atoms with Crippen LogP contribution in [0.2, 0.25) is 0 Å². The van der Waals surface area contributed by atoms with Crippen LogP contribution in [0.1, 0.15) is 59.3 Å². The van der Waals surface area contributed by atoms with E-state index in [0.29, 0.717) is 11.3 Å². The standard InChI is InChI=1S/C15H28N2O/c1-4-15(5-2)9-10-17(11-15)13(18)14(3)8-6-7-12(14)16/h12H,4-11,16H2,1-3H3. The van der Waals surface area contributed by atoms with Crippen LogP contribution in [0.3, 0.4) is 0 Å². The van der Waals surface area contributed by atoms with E-state index in [-0.39, 0.29) is 11.5 Å². The van der Waals surface area contributed by atoms with Gasteiger partial charge >= 0.3 is 0 Å². The number of nitrogens with zero attached hydrogens (tertiary/aromatic N) is 1. The molecule has 0 radical (unpaired) electrons. The smallest absolute Gasteiger partial charge is 0.230 e. The van der Waals surface area contributed by atoms with Crippen molar-refractivity contribution in [2.24, 2.45) is 16.6 Å². The highest BCUT2D eigenvalue weighted by Gasteiger charge is 2.48. The first-order valence-corrected chi connectivity index (χ1v) is 7.52. The summed E-state index contributed by atoms with van der Waals surface area (Å²) in [7, 11) is 0. The van der Waals surface area contributed by atoms with Crippen LogP contribution in [0.15, 0.2) is 0 Å². The molecule has 2 N–H and O–H groups in total. The van der Waals surface area contributed by atoms with Gasteiger partial charge in [0.25, 0.3) is 0 Å². The fraction of sp³-hybridized carbons (Fsp3) is 0.933. The van der Waals surface area contributed by atoms with E-state index in [1.165, 1.54) is 12.8 Å². The zero-order chi connectivity index (χ0) is 13.4. The normalized spacial score (nSPS) is 35.1. The van der Waals surface area contributed by atoms with Crippen LogP contribution < -0.4 is 5.73 Å². The van der Waals surface area contributed by atoms with Crippen molar-refractivity contribution in [3.05, 3.63) is 0 Å². The molecule has 18 heavy (non-hydrogen) atoms. The van der Waals surface area contributed by atoms with Crippen LogP contribution in [0.25, 0.3) is 0 Å². The Morgan fingerprint density at radius 3 is 2.44 bits per heavy atom. The van der Waals surface area contributed by atoms with Gasteiger partial charge in [0, 0.05) is 19.1 Å². The van der Waals surface area contributed by atoms with Crippen LogP contribution in [-0.2, 0) is 4.79 Å². The Labute approximate surface area is 111 Å². The molecule has 2 unspecified atom stereocenters. The maximum absolute atomic E-state index is 12.7. The lowest BCUT2D eigenvalue weighted by Crippen LogP contribution is -2.49. The summed E-state index contributed by atoms with van der Waals surface area (Å²) in [6, 6.07) is 0.0586. The molecule has 104 valence electrons. The second-order valence-corrected chi connectivity index (χ2v) is 6.60. The van der Waals surface area contributed by atoms with Gasteiger partial charge in [0.2, 0.25) is 5.91 Å². The number of hydrogen-bond acceptors (Lipinski definition) is 2. The molecule has 1 heterocycles. The van der Waals surface area contributed by atoms with Crippen molar-refractivity contribution >= 4 is 5.91 Å². The van der Waals surface area contributed by atoms with Crippen LogP contribution in [0.5, 0.6) is 0 Å². The Bertz CT molecular complexity index is 324. The minimum absolute atomic E-state index is 0.0586. The third-order valence-corrected chi connectivity index (χ3v) is 5.74. The molecule has 1 amide bonds. The minimum Gasteiger partial charge on any atom is -0.342 e. The lowest BCUT2D eigenvalue weighted by atomic mass is 9.81. The molecular weight excluding hydrogens is 224 g/mol. The number of hydrogen-bond donors (Lipinski definition) is 1. The highest BCUT2D eigenvalue weighted by atomic mass is 16.2. The number of rotatable bonds is 3. The van der Waals surface area contributed by atoms with E-state index in [1.54, 1.807) is 0 Å². The summed E-state index contributed by atoms with van der Waals surface area (Å²) in [5.74, 6) is 0.316. The molecule has 2 atom stereocenters. The van der Waals surface area contributed by atoms with E-state index in [9.17, 15) is 4.79 Å². The van der Waals surface area contributed by atoms with E-state index in [2.05, 4.69) is 25.7 Å². The van der Waals surface area contributed by atoms with Crippen molar-refractivity contribution in [1.82, 2.24) is 4.90 Å². The number of likely N-dealkylation sites (tertiary alicyclic amines) is 1. The monoisotopic (exact) mass is 252 g/mol. The topological polar surface area (TPSA) is 46.3 Å². The molecular formula is C15H28N2O. The first-order chi connectivity index (χ1) is 8.47. The molecule has 0 bridgehead atoms. The maximum atomic E-state index is 12.7. The molecule has 1 saturated carbocycles. The molecule has 2 fully saturated rings. The summed E-state index contributed by atoms with van der Waals surface area (Å²) in [6.45, 7) is 8.45. The number of carbonyl (C=O) groups is 1. The number of amides is 1. The average Bonchev–Trinajstić information content (AvgIpc) is 2.95. The van der Waals surface area contributed by atoms with Crippen molar-refractivity contribution < 1.29 is 4.79 Å². The Balaban J connectivity index is 2.08. The van der Waals surface area contributed by atoms with E-state index in [0.717, 1.165) is 38.8 Å². The lowest BCUT2D eigenvalue weighted by Gasteiger charge is -2.34. The highest BCUT2D eigenvalue weighted by Crippen LogP contribution is 2.42. The largest absolute Gasteiger partial charge is 0.342 e. The second-order valence-electron chi connectivity index (χ2n) is 6.60. The van der Waals surface area contributed by atoms with Crippen molar-refractivity contribution in [2.45, 2.75) is 65.3 Å². The summed E-state index contributed by atoms with van der Waals surface area (Å²) in [6.07, 6.45) is 6.59. The molecule has 3 heteroatoms. The Morgan fingerprint density at radius 1 is 1.33 bits per heavy atom. The molecule has 1 saturated heterocycles. The fourth-order valence-corrected chi connectivity index (χ4v) is 3.76. The third-order valence-electron chi connectivity index (χ3n) is 5.74. The van der Waals surface area contributed by atoms with Crippen molar-refractivity contribution in [3.63, 3.8) is 0 Å². The summed E-state index contributed by atoms with van der Waals surface area (Å²) in [4.78, 5) is 14.8. The molecule has 2 aliphatic rings. The van der Waals surface area contributed by atoms with Crippen LogP contribution >= 0.6 is 0 Å². The maximum Gasteiger partial charge on any atom is 0.230 e. The molecule has 1 aliphatic heterocycles. The zero-order valence-corrected chi connectivity index (χ0v) is 12.2. The van der Waals surface area contributed by atoms with Crippen LogP contribution in [0.4, 0.5) is 0 Å². The fourth-order valence-electron chi connectivity index (χ4n) is 3.76. The molecule has 0 aromatic heterocycles. The molecule has 0 spiro atoms. The molecule has 2 rings (SSSR count). The van der Waals surface area contributed by atoms with Gasteiger partial charge in [-0.25, -0.2) is 0 Å². The second kappa shape index (κ2) is 4.84. The predicted molar refractivity (Wildman–Crippen MR) is 74.1 cm³/mol. The van der Waals surface area contributed by atoms with E-state index in [1.807, 2.05) is 0 Å². The Morgan fingerprint density at radius 2 is 2.00 bits per heavy atom. The van der Waals surface area contributed by atoms with Gasteiger partial charge in [0.1, 0.15) is 0 Å². The first-order valence-electron chi connectivity index (χ1n) is 7.52. The molecule has 1 aliphatic carbocycles. The summed E-state index contributed by atoms with van der Waals surface area (Å²) in [5.41, 5.74) is 6.24. The van der Waals surface area contributed by atoms with Gasteiger partial charge in [-0.15, -0.1) is 0 Å². The first kappa shape index (κ1) is 13.9. The zero-order valence-electron chi connectivity index (χ0n) is 12.2. The summed E-state index contributed by atoms with van der Waals surface area (Å²) in [5, 5.41) is 0. The van der Waals surface area contributed by atoms with Gasteiger partial charge in [0.15, 0.2) is 0 Å². The van der Waals surface area contributed by atoms with Crippen molar-refractivity contribution in [1.29, 1.82) is 0 Å². The van der Waals surface area contributed by atoms with Gasteiger partial charge in [-0.1, -0.05) is 20.3 Å². The quantitative estimate of drug-likeness (QED) is 0.839. The van der Waals surface area contributed by atoms with Gasteiger partial charge in [-0.05, 0) is 44.4 Å². The minimum atomic E-state index is -0.294. The van der Waals surface area contributed by atoms with Gasteiger partial charge in [-0.3, -0.25) is 4.79 Å². The number of nitrogens with two attached hydrogens (primary N) is 1. The van der Waals surface area contributed by atoms with Gasteiger partial charge in [0.05, 0.1) is 5.41 Å². The van der Waals surface area contributed by atoms with Crippen LogP contribution in [-0.4, -0.2) is 29.9 Å². The molecule has 0 aromatic carbocycles. The highest BCUT2D eigenvalue weighted by molar-refractivity contribution is 5.84. The molecule has 3 nitrogen and oxygen atoms in total. The molecule has 0 aromatic rings. The van der Waals surface area contributed by atoms with E-state index in [4.69, 9.17) is 5.73 Å². The van der Waals surface area contributed by atoms with Gasteiger partial charge in [-0.2, -0.15) is 0 Å². The number of carbonyl (C=O) groups excluding carboxylic acids is 1. The summed E-state index contributed by atoms with van der Waals surface area (Å²) >= 11 is 0. The van der Waals surface area contributed by atoms with Crippen molar-refractivity contribution in [3.8, 4) is 0 Å². The summed E-state index contributed by atoms with van der Waals surface area (Å²) < 4.78 is 0. The Kier molecular flexibility index (Phi) is 3.72.